The van der Waals surface area contributed by atoms with Crippen LogP contribution in [-0.2, 0) is 28.7 Å². The summed E-state index contributed by atoms with van der Waals surface area (Å²) >= 11 is 0. The van der Waals surface area contributed by atoms with Crippen LogP contribution in [0.15, 0.2) is 0 Å². The monoisotopic (exact) mass is 530 g/mol. The molecule has 212 valence electrons. The van der Waals surface area contributed by atoms with E-state index in [1.54, 1.807) is 6.92 Å². The Morgan fingerprint density at radius 2 is 1.45 bits per heavy atom. The quantitative estimate of drug-likeness (QED) is 0.149. The van der Waals surface area contributed by atoms with Crippen molar-refractivity contribution in [2.24, 2.45) is 76.4 Å². The maximum atomic E-state index is 14.3. The number of fused-ring (bicyclic) bond motifs is 9. The fraction of sp³-hybridized carbons (Fsp3) is 0.935. The Bertz CT molecular complexity index is 965. The lowest BCUT2D eigenvalue weighted by Gasteiger charge is -2.61. The maximum Gasteiger partial charge on any atom is 0.312 e. The molecule has 0 aliphatic heterocycles. The molecule has 8 saturated carbocycles. The summed E-state index contributed by atoms with van der Waals surface area (Å²) in [4.78, 5) is 32.7. The largest absolute Gasteiger partial charge is 0.459 e. The van der Waals surface area contributed by atoms with Gasteiger partial charge in [0.05, 0.1) is 18.4 Å². The number of carbonyl (C=O) groups is 2. The molecule has 0 radical (unpaired) electrons. The molecule has 8 fully saturated rings. The zero-order valence-electron chi connectivity index (χ0n) is 23.5. The Balaban J connectivity index is 1.17. The van der Waals surface area contributed by atoms with Gasteiger partial charge in [0.15, 0.2) is 6.29 Å². The second kappa shape index (κ2) is 8.91. The fourth-order valence-electron chi connectivity index (χ4n) is 12.5. The van der Waals surface area contributed by atoms with Gasteiger partial charge in [-0.25, -0.2) is 4.89 Å². The minimum absolute atomic E-state index is 0.0969. The van der Waals surface area contributed by atoms with E-state index in [-0.39, 0.29) is 29.2 Å². The standard InChI is InChI=1S/C31H46O7/c1-5-35-17(4)37-28(32)26-22-8-23(25-21-7-20(24(22)25)15(2)16(21)3)27(26)29(33)38-31-11-18-6-19(12-31)10-30(9-18,13-31)14-36-34/h15-27,34H,5-14H2,1-4H3. The summed E-state index contributed by atoms with van der Waals surface area (Å²) in [6, 6.07) is 0. The minimum atomic E-state index is -0.612. The van der Waals surface area contributed by atoms with Crippen LogP contribution in [0.3, 0.4) is 0 Å². The third-order valence-electron chi connectivity index (χ3n) is 13.0. The molecule has 8 aliphatic carbocycles. The molecule has 0 aromatic heterocycles. The minimum Gasteiger partial charge on any atom is -0.459 e. The Morgan fingerprint density at radius 3 is 2.03 bits per heavy atom. The van der Waals surface area contributed by atoms with E-state index in [9.17, 15) is 14.8 Å². The first-order valence-corrected chi connectivity index (χ1v) is 15.5. The van der Waals surface area contributed by atoms with Crippen molar-refractivity contribution in [1.29, 1.82) is 0 Å². The lowest BCUT2D eigenvalue weighted by Crippen LogP contribution is -2.59. The van der Waals surface area contributed by atoms with Crippen molar-refractivity contribution >= 4 is 11.9 Å². The molecule has 8 bridgehead atoms. The number of rotatable bonds is 8. The van der Waals surface area contributed by atoms with Gasteiger partial charge in [0.25, 0.3) is 0 Å². The van der Waals surface area contributed by atoms with Gasteiger partial charge in [0.1, 0.15) is 5.60 Å². The third-order valence-corrected chi connectivity index (χ3v) is 13.0. The van der Waals surface area contributed by atoms with E-state index < -0.39 is 23.7 Å². The number of hydrogen-bond acceptors (Lipinski definition) is 7. The van der Waals surface area contributed by atoms with Crippen molar-refractivity contribution < 1.29 is 33.9 Å². The van der Waals surface area contributed by atoms with Crippen LogP contribution in [-0.4, -0.2) is 42.3 Å². The summed E-state index contributed by atoms with van der Waals surface area (Å²) < 4.78 is 18.0. The summed E-state index contributed by atoms with van der Waals surface area (Å²) in [5, 5.41) is 9.35. The normalized spacial score (nSPS) is 53.8. The zero-order valence-corrected chi connectivity index (χ0v) is 23.5. The lowest BCUT2D eigenvalue weighted by atomic mass is 9.48. The van der Waals surface area contributed by atoms with Crippen LogP contribution in [0, 0.1) is 76.4 Å². The molecule has 7 nitrogen and oxygen atoms in total. The van der Waals surface area contributed by atoms with Gasteiger partial charge in [-0.1, -0.05) is 13.8 Å². The Morgan fingerprint density at radius 1 is 0.868 bits per heavy atom. The molecule has 0 spiro atoms. The maximum absolute atomic E-state index is 14.3. The predicted octanol–water partition coefficient (Wildman–Crippen LogP) is 5.32. The molecule has 13 unspecified atom stereocenters. The van der Waals surface area contributed by atoms with Crippen LogP contribution in [0.2, 0.25) is 0 Å². The molecule has 7 heteroatoms. The van der Waals surface area contributed by atoms with E-state index in [0.717, 1.165) is 38.5 Å². The molecule has 0 amide bonds. The fourth-order valence-corrected chi connectivity index (χ4v) is 12.5. The lowest BCUT2D eigenvalue weighted by molar-refractivity contribution is -0.289. The van der Waals surface area contributed by atoms with Gasteiger partial charge in [0, 0.05) is 12.0 Å². The number of esters is 2. The Hall–Kier alpha value is -1.18. The van der Waals surface area contributed by atoms with Crippen LogP contribution in [0.1, 0.15) is 79.1 Å². The first-order valence-electron chi connectivity index (χ1n) is 15.5. The van der Waals surface area contributed by atoms with Gasteiger partial charge in [-0.05, 0) is 124 Å². The third kappa shape index (κ3) is 3.62. The van der Waals surface area contributed by atoms with Gasteiger partial charge in [-0.15, -0.1) is 0 Å². The van der Waals surface area contributed by atoms with Crippen molar-refractivity contribution in [3.63, 3.8) is 0 Å². The molecule has 0 aromatic rings. The van der Waals surface area contributed by atoms with Crippen molar-refractivity contribution in [1.82, 2.24) is 0 Å². The topological polar surface area (TPSA) is 91.3 Å². The molecule has 13 atom stereocenters. The summed E-state index contributed by atoms with van der Waals surface area (Å²) in [7, 11) is 0. The van der Waals surface area contributed by atoms with Crippen LogP contribution < -0.4 is 0 Å². The average Bonchev–Trinajstić information content (AvgIpc) is 3.56. The molecule has 0 aromatic carbocycles. The summed E-state index contributed by atoms with van der Waals surface area (Å²) in [5.74, 6) is 3.94. The number of carbonyl (C=O) groups excluding carboxylic acids is 2. The molecule has 8 rings (SSSR count). The Kier molecular flexibility index (Phi) is 6.04. The van der Waals surface area contributed by atoms with E-state index in [2.05, 4.69) is 13.8 Å². The highest BCUT2D eigenvalue weighted by Gasteiger charge is 2.72. The van der Waals surface area contributed by atoms with Crippen molar-refractivity contribution in [3.05, 3.63) is 0 Å². The van der Waals surface area contributed by atoms with Crippen LogP contribution in [0.5, 0.6) is 0 Å². The molecule has 0 saturated heterocycles. The van der Waals surface area contributed by atoms with Crippen LogP contribution >= 0.6 is 0 Å². The second-order valence-corrected chi connectivity index (χ2v) is 14.8. The first kappa shape index (κ1) is 25.8. The molecule has 8 aliphatic rings. The van der Waals surface area contributed by atoms with Crippen molar-refractivity contribution in [2.75, 3.05) is 13.2 Å². The van der Waals surface area contributed by atoms with Gasteiger partial charge in [0.2, 0.25) is 0 Å². The average molecular weight is 531 g/mol. The predicted molar refractivity (Wildman–Crippen MR) is 137 cm³/mol. The van der Waals surface area contributed by atoms with Gasteiger partial charge < -0.3 is 14.2 Å². The van der Waals surface area contributed by atoms with Gasteiger partial charge in [-0.2, -0.15) is 0 Å². The molecule has 0 heterocycles. The van der Waals surface area contributed by atoms with E-state index in [0.29, 0.717) is 60.6 Å². The summed E-state index contributed by atoms with van der Waals surface area (Å²) in [5.41, 5.74) is -0.579. The Labute approximate surface area is 226 Å². The molecule has 1 N–H and O–H groups in total. The highest BCUT2D eigenvalue weighted by atomic mass is 17.1. The van der Waals surface area contributed by atoms with Gasteiger partial charge in [-0.3, -0.25) is 14.8 Å². The molecular formula is C31H46O7. The smallest absolute Gasteiger partial charge is 0.312 e. The first-order chi connectivity index (χ1) is 18.2. The van der Waals surface area contributed by atoms with E-state index in [1.165, 1.54) is 12.8 Å². The summed E-state index contributed by atoms with van der Waals surface area (Å²) in [6.45, 7) is 9.26. The SMILES string of the molecule is CCOC(C)OC(=O)C1C2CC(C1C(=O)OC13CC4CC(CC(COO)(C4)C1)C3)C1C3CC(C(C)C3C)C21. The number of ether oxygens (including phenoxy) is 3. The van der Waals surface area contributed by atoms with Gasteiger partial charge >= 0.3 is 11.9 Å². The zero-order chi connectivity index (χ0) is 26.6. The van der Waals surface area contributed by atoms with E-state index >= 15 is 0 Å². The highest BCUT2D eigenvalue weighted by molar-refractivity contribution is 5.84. The molecule has 38 heavy (non-hydrogen) atoms. The van der Waals surface area contributed by atoms with Crippen LogP contribution in [0.4, 0.5) is 0 Å². The highest BCUT2D eigenvalue weighted by Crippen LogP contribution is 2.73. The van der Waals surface area contributed by atoms with Crippen molar-refractivity contribution in [2.45, 2.75) is 91.0 Å². The van der Waals surface area contributed by atoms with E-state index in [4.69, 9.17) is 19.1 Å². The summed E-state index contributed by atoms with van der Waals surface area (Å²) in [6.07, 6.45) is 7.45. The number of hydrogen-bond donors (Lipinski definition) is 1. The van der Waals surface area contributed by atoms with E-state index in [1.807, 2.05) is 6.92 Å². The molecular weight excluding hydrogens is 484 g/mol. The van der Waals surface area contributed by atoms with Crippen LogP contribution in [0.25, 0.3) is 0 Å². The van der Waals surface area contributed by atoms with Crippen molar-refractivity contribution in [3.8, 4) is 0 Å². The second-order valence-electron chi connectivity index (χ2n) is 14.8.